The third kappa shape index (κ3) is 6.17. The van der Waals surface area contributed by atoms with Gasteiger partial charge in [0, 0.05) is 49.1 Å². The lowest BCUT2D eigenvalue weighted by atomic mass is 9.69. The Morgan fingerprint density at radius 3 is 2.11 bits per heavy atom. The van der Waals surface area contributed by atoms with E-state index in [4.69, 9.17) is 0 Å². The molecule has 0 aromatic heterocycles. The molecule has 0 aromatic rings. The lowest BCUT2D eigenvalue weighted by Gasteiger charge is -2.43. The summed E-state index contributed by atoms with van der Waals surface area (Å²) >= 11 is 4.48. The number of allylic oxidation sites excluding steroid dienone is 5. The van der Waals surface area contributed by atoms with Crippen LogP contribution in [0.4, 0.5) is 0 Å². The molecule has 6 fully saturated rings. The van der Waals surface area contributed by atoms with Crippen LogP contribution in [0.2, 0.25) is 0 Å². The normalized spacial score (nSPS) is 40.5. The van der Waals surface area contributed by atoms with Crippen LogP contribution in [-0.2, 0) is 0 Å². The lowest BCUT2D eigenvalue weighted by Crippen LogP contribution is -2.43. The smallest absolute Gasteiger partial charge is 0.235 e. The van der Waals surface area contributed by atoms with Crippen molar-refractivity contribution < 1.29 is 4.58 Å². The number of thioether (sulfide) groups is 2. The first kappa shape index (κ1) is 31.2. The Bertz CT molecular complexity index is 1250. The highest BCUT2D eigenvalue weighted by molar-refractivity contribution is 8.14. The van der Waals surface area contributed by atoms with Gasteiger partial charge in [-0.25, -0.2) is 4.58 Å². The van der Waals surface area contributed by atoms with E-state index in [1.165, 1.54) is 122 Å². The van der Waals surface area contributed by atoms with Gasteiger partial charge >= 0.3 is 0 Å². The predicted molar refractivity (Wildman–Crippen MR) is 195 cm³/mol. The van der Waals surface area contributed by atoms with E-state index in [-0.39, 0.29) is 0 Å². The van der Waals surface area contributed by atoms with Gasteiger partial charge in [-0.1, -0.05) is 51.0 Å². The van der Waals surface area contributed by atoms with Crippen molar-refractivity contribution in [3.05, 3.63) is 46.2 Å². The molecule has 4 saturated carbocycles. The Hall–Kier alpha value is -1.07. The van der Waals surface area contributed by atoms with Crippen molar-refractivity contribution in [1.82, 2.24) is 9.80 Å². The summed E-state index contributed by atoms with van der Waals surface area (Å²) in [6.07, 6.45) is 34.5. The quantitative estimate of drug-likeness (QED) is 0.266. The third-order valence-electron chi connectivity index (χ3n) is 13.5. The zero-order valence-corrected chi connectivity index (χ0v) is 30.1. The van der Waals surface area contributed by atoms with Crippen molar-refractivity contribution >= 4 is 28.6 Å². The Kier molecular flexibility index (Phi) is 9.58. The molecule has 5 aliphatic carbocycles. The number of rotatable bonds is 6. The molecule has 8 atom stereocenters. The molecule has 8 rings (SSSR count). The van der Waals surface area contributed by atoms with Crippen molar-refractivity contribution in [2.45, 2.75) is 146 Å². The van der Waals surface area contributed by atoms with E-state index < -0.39 is 0 Å². The minimum atomic E-state index is 0.776. The van der Waals surface area contributed by atoms with E-state index >= 15 is 0 Å². The van der Waals surface area contributed by atoms with Crippen molar-refractivity contribution in [2.75, 3.05) is 26.2 Å². The largest absolute Gasteiger partial charge is 0.371 e. The van der Waals surface area contributed by atoms with Crippen LogP contribution < -0.4 is 0 Å². The number of hydrogen-bond acceptors (Lipinski definition) is 4. The molecule has 0 N–H and O–H groups in total. The lowest BCUT2D eigenvalue weighted by molar-refractivity contribution is -0.560. The van der Waals surface area contributed by atoms with Gasteiger partial charge in [-0.3, -0.25) is 0 Å². The monoisotopic (exact) mass is 646 g/mol. The Labute approximate surface area is 283 Å². The topological polar surface area (TPSA) is 9.49 Å². The summed E-state index contributed by atoms with van der Waals surface area (Å²) in [5, 5.41) is 4.78. The average molecular weight is 647 g/mol. The van der Waals surface area contributed by atoms with Crippen LogP contribution in [0.15, 0.2) is 46.2 Å². The molecule has 0 bridgehead atoms. The highest BCUT2D eigenvalue weighted by Crippen LogP contribution is 2.52. The molecular weight excluding hydrogens is 587 g/mol. The van der Waals surface area contributed by atoms with E-state index in [1.54, 1.807) is 26.9 Å². The Morgan fingerprint density at radius 1 is 0.711 bits per heavy atom. The number of nitrogens with zero attached hydrogens (tertiary/aromatic N) is 3. The maximum absolute atomic E-state index is 2.81. The van der Waals surface area contributed by atoms with Gasteiger partial charge in [0.05, 0.1) is 10.3 Å². The molecule has 3 aliphatic heterocycles. The summed E-state index contributed by atoms with van der Waals surface area (Å²) in [4.78, 5) is 5.58. The summed E-state index contributed by atoms with van der Waals surface area (Å²) in [7, 11) is 0. The van der Waals surface area contributed by atoms with E-state index in [1.807, 2.05) is 0 Å². The number of fused-ring (bicyclic) bond motifs is 4. The van der Waals surface area contributed by atoms with Gasteiger partial charge in [0.25, 0.3) is 0 Å². The van der Waals surface area contributed by atoms with Crippen LogP contribution in [-0.4, -0.2) is 68.2 Å². The molecule has 8 aliphatic rings. The molecule has 0 spiro atoms. The van der Waals surface area contributed by atoms with E-state index in [0.29, 0.717) is 0 Å². The molecule has 0 amide bonds. The first-order valence-electron chi connectivity index (χ1n) is 19.5. The van der Waals surface area contributed by atoms with Gasteiger partial charge in [-0.05, 0) is 130 Å². The second kappa shape index (κ2) is 13.8. The highest BCUT2D eigenvalue weighted by atomic mass is 32.2. The van der Waals surface area contributed by atoms with Crippen LogP contribution in [0.25, 0.3) is 0 Å². The van der Waals surface area contributed by atoms with Crippen molar-refractivity contribution in [3.63, 3.8) is 0 Å². The van der Waals surface area contributed by atoms with Gasteiger partial charge in [-0.15, -0.1) is 11.8 Å². The summed E-state index contributed by atoms with van der Waals surface area (Å²) in [5.41, 5.74) is 4.82. The maximum atomic E-state index is 2.81. The first-order chi connectivity index (χ1) is 22.2. The van der Waals surface area contributed by atoms with Crippen molar-refractivity contribution in [3.8, 4) is 0 Å². The van der Waals surface area contributed by atoms with Crippen LogP contribution in [0.5, 0.6) is 0 Å². The highest BCUT2D eigenvalue weighted by Gasteiger charge is 2.49. The number of likely N-dealkylation sites (tertiary alicyclic amines) is 1. The molecule has 5 heteroatoms. The zero-order chi connectivity index (χ0) is 30.3. The van der Waals surface area contributed by atoms with E-state index in [2.05, 4.69) is 76.1 Å². The minimum absolute atomic E-state index is 0.776. The first-order valence-corrected chi connectivity index (χ1v) is 21.3. The fraction of sp³-hybridized carbons (Fsp3) is 0.775. The number of piperidine rings is 1. The molecular formula is C40H60N3S2+. The van der Waals surface area contributed by atoms with Gasteiger partial charge in [0.15, 0.2) is 6.04 Å². The molecule has 3 nitrogen and oxygen atoms in total. The SMILES string of the molecule is CCN1/C(=C/C=C2\CCC(/C=C/C3=[N+](CC)C4CC5CCCCC5CC4S3)=C2N2CCCCC2)SC2CC3CCCCC3CC21. The minimum Gasteiger partial charge on any atom is -0.371 e. The predicted octanol–water partition coefficient (Wildman–Crippen LogP) is 9.77. The fourth-order valence-corrected chi connectivity index (χ4v) is 14.5. The fourth-order valence-electron chi connectivity index (χ4n) is 11.3. The third-order valence-corrected chi connectivity index (χ3v) is 16.4. The molecule has 8 unspecified atom stereocenters. The van der Waals surface area contributed by atoms with Crippen molar-refractivity contribution in [2.24, 2.45) is 23.7 Å². The molecule has 246 valence electrons. The molecule has 45 heavy (non-hydrogen) atoms. The van der Waals surface area contributed by atoms with Crippen LogP contribution in [0.3, 0.4) is 0 Å². The zero-order valence-electron chi connectivity index (χ0n) is 28.4. The summed E-state index contributed by atoms with van der Waals surface area (Å²) in [6, 6.07) is 1.55. The summed E-state index contributed by atoms with van der Waals surface area (Å²) in [5.74, 6) is 4.01. The molecule has 2 saturated heterocycles. The number of hydrogen-bond donors (Lipinski definition) is 0. The maximum Gasteiger partial charge on any atom is 0.235 e. The van der Waals surface area contributed by atoms with Crippen LogP contribution in [0.1, 0.15) is 123 Å². The standard InChI is InChI=1S/C40H60N3S2/c1-3-42-34-24-30-12-6-8-14-32(30)26-36(34)44-38(42)20-18-28-16-17-29(40(28)41-22-10-5-11-23-41)19-21-39-43(4-2)35-25-31-13-7-9-15-33(31)27-37(35)45-39/h18-21,30-37H,3-17,22-27H2,1-2H3/q+1. The van der Waals surface area contributed by atoms with Gasteiger partial charge in [0.1, 0.15) is 6.54 Å². The average Bonchev–Trinajstić information content (AvgIpc) is 3.76. The second-order valence-corrected chi connectivity index (χ2v) is 18.4. The molecule has 0 aromatic carbocycles. The summed E-state index contributed by atoms with van der Waals surface area (Å²) in [6.45, 7) is 9.60. The van der Waals surface area contributed by atoms with Gasteiger partial charge in [0.2, 0.25) is 5.04 Å². The van der Waals surface area contributed by atoms with Gasteiger partial charge < -0.3 is 9.80 Å². The van der Waals surface area contributed by atoms with Crippen molar-refractivity contribution in [1.29, 1.82) is 0 Å². The van der Waals surface area contributed by atoms with E-state index in [0.717, 1.165) is 59.3 Å². The summed E-state index contributed by atoms with van der Waals surface area (Å²) < 4.78 is 2.81. The Balaban J connectivity index is 1.04. The van der Waals surface area contributed by atoms with E-state index in [9.17, 15) is 0 Å². The van der Waals surface area contributed by atoms with Gasteiger partial charge in [-0.2, -0.15) is 0 Å². The molecule has 3 heterocycles. The Morgan fingerprint density at radius 2 is 1.40 bits per heavy atom. The second-order valence-electron chi connectivity index (χ2n) is 15.9. The van der Waals surface area contributed by atoms with Crippen LogP contribution >= 0.6 is 23.5 Å². The van der Waals surface area contributed by atoms with Crippen LogP contribution in [0, 0.1) is 23.7 Å². The molecule has 0 radical (unpaired) electrons.